The van der Waals surface area contributed by atoms with Crippen molar-refractivity contribution in [2.75, 3.05) is 19.8 Å². The molecule has 1 atom stereocenters. The fourth-order valence-corrected chi connectivity index (χ4v) is 2.76. The Bertz CT molecular complexity index is 458. The van der Waals surface area contributed by atoms with Gasteiger partial charge in [-0.3, -0.25) is 0 Å². The van der Waals surface area contributed by atoms with E-state index in [0.717, 1.165) is 0 Å². The summed E-state index contributed by atoms with van der Waals surface area (Å²) in [6, 6.07) is 6.52. The van der Waals surface area contributed by atoms with Gasteiger partial charge in [0.05, 0.1) is 24.7 Å². The van der Waals surface area contributed by atoms with E-state index in [9.17, 15) is 5.11 Å². The van der Waals surface area contributed by atoms with Crippen LogP contribution in [-0.2, 0) is 15.6 Å². The molecule has 0 saturated carbocycles. The molecule has 1 unspecified atom stereocenters. The highest BCUT2D eigenvalue weighted by molar-refractivity contribution is 5.41. The van der Waals surface area contributed by atoms with E-state index in [2.05, 4.69) is 45.9 Å². The maximum absolute atomic E-state index is 10.2. The normalized spacial score (nSPS) is 19.9. The van der Waals surface area contributed by atoms with Gasteiger partial charge in [0, 0.05) is 6.54 Å². The molecule has 1 fully saturated rings. The first-order valence-corrected chi connectivity index (χ1v) is 6.89. The molecule has 1 heterocycles. The highest BCUT2D eigenvalue weighted by Gasteiger charge is 2.46. The van der Waals surface area contributed by atoms with Gasteiger partial charge in [0.1, 0.15) is 0 Å². The van der Waals surface area contributed by atoms with Gasteiger partial charge in [0.2, 0.25) is 0 Å². The fourth-order valence-electron chi connectivity index (χ4n) is 2.76. The fraction of sp³-hybridized carbons (Fsp3) is 0.625. The van der Waals surface area contributed by atoms with Gasteiger partial charge in [-0.05, 0) is 29.0 Å². The lowest BCUT2D eigenvalue weighted by Gasteiger charge is -2.46. The van der Waals surface area contributed by atoms with E-state index in [0.29, 0.717) is 13.2 Å². The van der Waals surface area contributed by atoms with Crippen LogP contribution in [0.1, 0.15) is 37.5 Å². The lowest BCUT2D eigenvalue weighted by Crippen LogP contribution is -2.58. The van der Waals surface area contributed by atoms with Crippen molar-refractivity contribution in [1.82, 2.24) is 0 Å². The van der Waals surface area contributed by atoms with E-state index in [1.54, 1.807) is 0 Å². The highest BCUT2D eigenvalue weighted by Crippen LogP contribution is 2.38. The molecule has 1 saturated heterocycles. The highest BCUT2D eigenvalue weighted by atomic mass is 16.5. The molecule has 3 N–H and O–H groups in total. The van der Waals surface area contributed by atoms with Gasteiger partial charge < -0.3 is 15.6 Å². The van der Waals surface area contributed by atoms with Crippen LogP contribution in [0.15, 0.2) is 18.2 Å². The SMILES string of the molecule is Cc1cc(C(C)(C)C)ccc1C1(C(O)CN)COC1. The summed E-state index contributed by atoms with van der Waals surface area (Å²) in [6.45, 7) is 10.1. The molecule has 2 rings (SSSR count). The molecule has 0 bridgehead atoms. The van der Waals surface area contributed by atoms with Gasteiger partial charge in [-0.1, -0.05) is 39.0 Å². The van der Waals surface area contributed by atoms with E-state index in [4.69, 9.17) is 10.5 Å². The average molecular weight is 263 g/mol. The molecule has 1 aliphatic heterocycles. The third-order valence-corrected chi connectivity index (χ3v) is 4.21. The molecular weight excluding hydrogens is 238 g/mol. The van der Waals surface area contributed by atoms with Crippen molar-refractivity contribution in [3.8, 4) is 0 Å². The second-order valence-corrected chi connectivity index (χ2v) is 6.68. The number of hydrogen-bond acceptors (Lipinski definition) is 3. The second kappa shape index (κ2) is 4.89. The van der Waals surface area contributed by atoms with Crippen LogP contribution in [0.4, 0.5) is 0 Å². The molecule has 1 aromatic rings. The van der Waals surface area contributed by atoms with Gasteiger partial charge in [-0.2, -0.15) is 0 Å². The van der Waals surface area contributed by atoms with E-state index >= 15 is 0 Å². The number of benzene rings is 1. The van der Waals surface area contributed by atoms with Crippen molar-refractivity contribution in [2.24, 2.45) is 5.73 Å². The monoisotopic (exact) mass is 263 g/mol. The van der Waals surface area contributed by atoms with Crippen LogP contribution < -0.4 is 5.73 Å². The summed E-state index contributed by atoms with van der Waals surface area (Å²) in [4.78, 5) is 0. The molecule has 19 heavy (non-hydrogen) atoms. The number of nitrogens with two attached hydrogens (primary N) is 1. The molecule has 3 nitrogen and oxygen atoms in total. The van der Waals surface area contributed by atoms with Crippen molar-refractivity contribution in [3.63, 3.8) is 0 Å². The Balaban J connectivity index is 2.41. The first-order chi connectivity index (χ1) is 8.81. The lowest BCUT2D eigenvalue weighted by atomic mass is 9.71. The molecule has 3 heteroatoms. The Kier molecular flexibility index (Phi) is 3.74. The summed E-state index contributed by atoms with van der Waals surface area (Å²) in [5.74, 6) is 0. The van der Waals surface area contributed by atoms with Crippen molar-refractivity contribution in [1.29, 1.82) is 0 Å². The third-order valence-electron chi connectivity index (χ3n) is 4.21. The van der Waals surface area contributed by atoms with Crippen LogP contribution in [0.25, 0.3) is 0 Å². The van der Waals surface area contributed by atoms with Crippen LogP contribution in [-0.4, -0.2) is 31.0 Å². The molecule has 0 amide bonds. The van der Waals surface area contributed by atoms with Gasteiger partial charge in [-0.15, -0.1) is 0 Å². The molecule has 0 aliphatic carbocycles. The Hall–Kier alpha value is -0.900. The zero-order valence-electron chi connectivity index (χ0n) is 12.4. The lowest BCUT2D eigenvalue weighted by molar-refractivity contribution is -0.117. The summed E-state index contributed by atoms with van der Waals surface area (Å²) in [5, 5.41) is 10.2. The molecule has 0 aromatic heterocycles. The minimum absolute atomic E-state index is 0.138. The van der Waals surface area contributed by atoms with Crippen molar-refractivity contribution >= 4 is 0 Å². The Morgan fingerprint density at radius 1 is 1.37 bits per heavy atom. The van der Waals surface area contributed by atoms with Crippen molar-refractivity contribution < 1.29 is 9.84 Å². The summed E-state index contributed by atoms with van der Waals surface area (Å²) in [6.07, 6.45) is -0.541. The van der Waals surface area contributed by atoms with Crippen LogP contribution in [0.2, 0.25) is 0 Å². The van der Waals surface area contributed by atoms with Crippen molar-refractivity contribution in [2.45, 2.75) is 44.6 Å². The van der Waals surface area contributed by atoms with Crippen LogP contribution in [0, 0.1) is 6.92 Å². The van der Waals surface area contributed by atoms with Crippen molar-refractivity contribution in [3.05, 3.63) is 34.9 Å². The minimum Gasteiger partial charge on any atom is -0.391 e. The topological polar surface area (TPSA) is 55.5 Å². The molecule has 1 aliphatic rings. The van der Waals surface area contributed by atoms with Gasteiger partial charge >= 0.3 is 0 Å². The van der Waals surface area contributed by atoms with E-state index in [1.165, 1.54) is 16.7 Å². The van der Waals surface area contributed by atoms with Gasteiger partial charge in [0.15, 0.2) is 0 Å². The minimum atomic E-state index is -0.541. The Morgan fingerprint density at radius 2 is 2.00 bits per heavy atom. The van der Waals surface area contributed by atoms with E-state index < -0.39 is 6.10 Å². The third kappa shape index (κ3) is 2.42. The average Bonchev–Trinajstić information content (AvgIpc) is 2.28. The maximum Gasteiger partial charge on any atom is 0.0803 e. The molecule has 106 valence electrons. The number of aliphatic hydroxyl groups excluding tert-OH is 1. The van der Waals surface area contributed by atoms with Crippen LogP contribution >= 0.6 is 0 Å². The summed E-state index contributed by atoms with van der Waals surface area (Å²) in [7, 11) is 0. The first-order valence-electron chi connectivity index (χ1n) is 6.89. The molecule has 0 radical (unpaired) electrons. The maximum atomic E-state index is 10.2. The van der Waals surface area contributed by atoms with Crippen LogP contribution in [0.5, 0.6) is 0 Å². The second-order valence-electron chi connectivity index (χ2n) is 6.68. The first kappa shape index (κ1) is 14.5. The number of hydrogen-bond donors (Lipinski definition) is 2. The smallest absolute Gasteiger partial charge is 0.0803 e. The zero-order valence-corrected chi connectivity index (χ0v) is 12.4. The van der Waals surface area contributed by atoms with Gasteiger partial charge in [-0.25, -0.2) is 0 Å². The Labute approximate surface area is 115 Å². The standard InChI is InChI=1S/C16H25NO2/c1-11-7-12(15(2,3)4)5-6-13(11)16(9-19-10-16)14(18)8-17/h5-7,14,18H,8-10,17H2,1-4H3. The molecular formula is C16H25NO2. The summed E-state index contributed by atoms with van der Waals surface area (Å²) in [5.41, 5.74) is 9.17. The predicted molar refractivity (Wildman–Crippen MR) is 77.4 cm³/mol. The number of aryl methyl sites for hydroxylation is 1. The molecule has 0 spiro atoms. The van der Waals surface area contributed by atoms with Crippen LogP contribution in [0.3, 0.4) is 0 Å². The number of rotatable bonds is 3. The largest absolute Gasteiger partial charge is 0.391 e. The molecule has 1 aromatic carbocycles. The van der Waals surface area contributed by atoms with E-state index in [1.807, 2.05) is 0 Å². The quantitative estimate of drug-likeness (QED) is 0.875. The number of aliphatic hydroxyl groups is 1. The zero-order chi connectivity index (χ0) is 14.3. The summed E-state index contributed by atoms with van der Waals surface area (Å²) >= 11 is 0. The predicted octanol–water partition coefficient (Wildman–Crippen LogP) is 1.88. The van der Waals surface area contributed by atoms with E-state index in [-0.39, 0.29) is 17.4 Å². The number of ether oxygens (including phenoxy) is 1. The summed E-state index contributed by atoms with van der Waals surface area (Å²) < 4.78 is 5.35. The Morgan fingerprint density at radius 3 is 2.37 bits per heavy atom. The van der Waals surface area contributed by atoms with Gasteiger partial charge in [0.25, 0.3) is 0 Å².